The molecule has 0 saturated carbocycles. The van der Waals surface area contributed by atoms with Crippen LogP contribution in [0.3, 0.4) is 0 Å². The molecule has 1 aromatic rings. The first-order chi connectivity index (χ1) is 8.37. The third-order valence-electron chi connectivity index (χ3n) is 2.66. The Labute approximate surface area is 109 Å². The summed E-state index contributed by atoms with van der Waals surface area (Å²) in [6.45, 7) is -0.577. The second-order valence-corrected chi connectivity index (χ2v) is 5.09. The number of anilines is 1. The molecule has 1 fully saturated rings. The third kappa shape index (κ3) is 2.03. The second kappa shape index (κ2) is 4.57. The zero-order valence-corrected chi connectivity index (χ0v) is 10.6. The lowest BCUT2D eigenvalue weighted by Crippen LogP contribution is -2.40. The Balaban J connectivity index is 2.42. The quantitative estimate of drug-likeness (QED) is 0.611. The van der Waals surface area contributed by atoms with E-state index in [0.717, 1.165) is 4.57 Å². The molecule has 4 atom stereocenters. The Hall–Kier alpha value is -1.03. The fourth-order valence-electron chi connectivity index (χ4n) is 1.72. The van der Waals surface area contributed by atoms with Crippen molar-refractivity contribution in [3.05, 3.63) is 22.7 Å². The van der Waals surface area contributed by atoms with E-state index in [1.54, 1.807) is 0 Å². The van der Waals surface area contributed by atoms with Crippen molar-refractivity contribution in [1.82, 2.24) is 9.55 Å². The van der Waals surface area contributed by atoms with Crippen molar-refractivity contribution in [2.75, 3.05) is 12.3 Å². The van der Waals surface area contributed by atoms with E-state index >= 15 is 0 Å². The number of rotatable bonds is 2. The maximum atomic E-state index is 14.3. The Bertz CT molecular complexity index is 509. The summed E-state index contributed by atoms with van der Waals surface area (Å²) in [6, 6.07) is 1.30. The molecule has 1 unspecified atom stereocenters. The molecule has 0 radical (unpaired) electrons. The lowest BCUT2D eigenvalue weighted by molar-refractivity contribution is -0.0506. The van der Waals surface area contributed by atoms with Crippen molar-refractivity contribution < 1.29 is 19.3 Å². The molecular formula is C9H11BrFN3O4. The molecule has 9 heteroatoms. The van der Waals surface area contributed by atoms with Gasteiger partial charge < -0.3 is 20.7 Å². The van der Waals surface area contributed by atoms with Gasteiger partial charge in [-0.15, -0.1) is 0 Å². The molecule has 1 saturated heterocycles. The molecule has 0 bridgehead atoms. The van der Waals surface area contributed by atoms with Gasteiger partial charge in [0.2, 0.25) is 4.58 Å². The summed E-state index contributed by atoms with van der Waals surface area (Å²) in [5.41, 5.74) is 4.50. The van der Waals surface area contributed by atoms with Gasteiger partial charge >= 0.3 is 5.69 Å². The molecule has 4 N–H and O–H groups in total. The molecule has 0 aromatic carbocycles. The van der Waals surface area contributed by atoms with Crippen LogP contribution < -0.4 is 11.4 Å². The molecule has 1 aromatic heterocycles. The highest BCUT2D eigenvalue weighted by atomic mass is 79.9. The highest BCUT2D eigenvalue weighted by molar-refractivity contribution is 9.10. The number of nitrogens with zero attached hydrogens (tertiary/aromatic N) is 2. The van der Waals surface area contributed by atoms with Gasteiger partial charge in [-0.3, -0.25) is 4.57 Å². The van der Waals surface area contributed by atoms with E-state index in [-0.39, 0.29) is 5.82 Å². The summed E-state index contributed by atoms with van der Waals surface area (Å²) < 4.78 is 17.8. The zero-order chi connectivity index (χ0) is 13.5. The summed E-state index contributed by atoms with van der Waals surface area (Å²) in [6.07, 6.45) is -2.98. The van der Waals surface area contributed by atoms with Gasteiger partial charge in [-0.2, -0.15) is 4.98 Å². The number of hydrogen-bond acceptors (Lipinski definition) is 6. The fourth-order valence-corrected chi connectivity index (χ4v) is 2.35. The van der Waals surface area contributed by atoms with Crippen LogP contribution in [0, 0.1) is 0 Å². The van der Waals surface area contributed by atoms with E-state index in [2.05, 4.69) is 20.9 Å². The molecule has 18 heavy (non-hydrogen) atoms. The van der Waals surface area contributed by atoms with Crippen LogP contribution in [-0.2, 0) is 4.74 Å². The van der Waals surface area contributed by atoms with Crippen molar-refractivity contribution in [2.45, 2.75) is 23.0 Å². The number of aliphatic hydroxyl groups is 2. The molecule has 2 rings (SSSR count). The summed E-state index contributed by atoms with van der Waals surface area (Å²) in [5, 5.41) is 18.6. The lowest BCUT2D eigenvalue weighted by Gasteiger charge is -2.22. The lowest BCUT2D eigenvalue weighted by atomic mass is 10.1. The van der Waals surface area contributed by atoms with E-state index < -0.39 is 35.3 Å². The molecule has 0 aliphatic carbocycles. The average Bonchev–Trinajstić information content (AvgIpc) is 2.52. The molecule has 0 amide bonds. The van der Waals surface area contributed by atoms with E-state index in [0.29, 0.717) is 0 Å². The Morgan fingerprint density at radius 1 is 1.72 bits per heavy atom. The molecule has 2 heterocycles. The minimum Gasteiger partial charge on any atom is -0.394 e. The highest BCUT2D eigenvalue weighted by Crippen LogP contribution is 2.45. The standard InChI is InChI=1S/C9H11BrFN3O4/c10-9(11)6(16)4(3-15)18-7(9)14-2-1-5(12)13-8(14)17/h1-2,4,6-7,15-16H,3H2,(H2,12,13,17)/t4-,6-,7-,9?/m1/s1. The van der Waals surface area contributed by atoms with Gasteiger partial charge in [0.15, 0.2) is 6.23 Å². The first-order valence-corrected chi connectivity index (χ1v) is 5.84. The van der Waals surface area contributed by atoms with Crippen molar-refractivity contribution in [1.29, 1.82) is 0 Å². The van der Waals surface area contributed by atoms with Crippen molar-refractivity contribution in [2.24, 2.45) is 0 Å². The minimum atomic E-state index is -2.40. The maximum absolute atomic E-state index is 14.3. The van der Waals surface area contributed by atoms with Gasteiger partial charge in [0.1, 0.15) is 18.0 Å². The van der Waals surface area contributed by atoms with Crippen LogP contribution >= 0.6 is 15.9 Å². The van der Waals surface area contributed by atoms with Crippen molar-refractivity contribution in [3.63, 3.8) is 0 Å². The van der Waals surface area contributed by atoms with Crippen LogP contribution in [0.5, 0.6) is 0 Å². The number of nitrogens with two attached hydrogens (primary N) is 1. The summed E-state index contributed by atoms with van der Waals surface area (Å²) in [7, 11) is 0. The first-order valence-electron chi connectivity index (χ1n) is 5.04. The van der Waals surface area contributed by atoms with Crippen molar-refractivity contribution in [3.8, 4) is 0 Å². The normalized spacial score (nSPS) is 35.9. The topological polar surface area (TPSA) is 111 Å². The Morgan fingerprint density at radius 2 is 2.39 bits per heavy atom. The Morgan fingerprint density at radius 3 is 2.89 bits per heavy atom. The van der Waals surface area contributed by atoms with Crippen LogP contribution in [0.25, 0.3) is 0 Å². The number of aliphatic hydroxyl groups excluding tert-OH is 2. The molecular weight excluding hydrogens is 313 g/mol. The summed E-state index contributed by atoms with van der Waals surface area (Å²) in [4.78, 5) is 15.0. The highest BCUT2D eigenvalue weighted by Gasteiger charge is 2.56. The van der Waals surface area contributed by atoms with Gasteiger partial charge in [0, 0.05) is 6.20 Å². The molecule has 1 aliphatic heterocycles. The zero-order valence-electron chi connectivity index (χ0n) is 9.03. The number of halogens is 2. The fraction of sp³-hybridized carbons (Fsp3) is 0.556. The molecule has 0 spiro atoms. The number of ether oxygens (including phenoxy) is 1. The van der Waals surface area contributed by atoms with Crippen LogP contribution in [0.4, 0.5) is 10.2 Å². The SMILES string of the molecule is Nc1ccn([C@@H]2O[C@H](CO)[C@@H](O)C2(F)Br)c(=O)n1. The Kier molecular flexibility index (Phi) is 3.41. The number of alkyl halides is 2. The summed E-state index contributed by atoms with van der Waals surface area (Å²) in [5.74, 6) is -0.00691. The van der Waals surface area contributed by atoms with E-state index in [4.69, 9.17) is 15.6 Å². The first kappa shape index (κ1) is 13.4. The largest absolute Gasteiger partial charge is 0.394 e. The van der Waals surface area contributed by atoms with Crippen LogP contribution in [-0.4, -0.2) is 43.2 Å². The van der Waals surface area contributed by atoms with Crippen molar-refractivity contribution >= 4 is 21.7 Å². The smallest absolute Gasteiger partial charge is 0.351 e. The minimum absolute atomic E-state index is 0.00691. The van der Waals surface area contributed by atoms with E-state index in [9.17, 15) is 14.3 Å². The predicted molar refractivity (Wildman–Crippen MR) is 62.7 cm³/mol. The summed E-state index contributed by atoms with van der Waals surface area (Å²) >= 11 is 2.67. The maximum Gasteiger partial charge on any atom is 0.351 e. The third-order valence-corrected chi connectivity index (χ3v) is 3.52. The van der Waals surface area contributed by atoms with Gasteiger partial charge in [0.05, 0.1) is 6.61 Å². The van der Waals surface area contributed by atoms with Gasteiger partial charge in [-0.05, 0) is 22.0 Å². The van der Waals surface area contributed by atoms with E-state index in [1.165, 1.54) is 12.3 Å². The predicted octanol–water partition coefficient (Wildman–Crippen LogP) is -0.863. The number of aromatic nitrogens is 2. The van der Waals surface area contributed by atoms with Gasteiger partial charge in [-0.25, -0.2) is 9.18 Å². The van der Waals surface area contributed by atoms with E-state index in [1.807, 2.05) is 0 Å². The second-order valence-electron chi connectivity index (χ2n) is 3.87. The number of hydrogen-bond donors (Lipinski definition) is 3. The van der Waals surface area contributed by atoms with Crippen LogP contribution in [0.2, 0.25) is 0 Å². The molecule has 100 valence electrons. The van der Waals surface area contributed by atoms with Crippen LogP contribution in [0.1, 0.15) is 6.23 Å². The number of nitrogen functional groups attached to an aromatic ring is 1. The monoisotopic (exact) mass is 323 g/mol. The van der Waals surface area contributed by atoms with Gasteiger partial charge in [-0.1, -0.05) is 0 Å². The molecule has 7 nitrogen and oxygen atoms in total. The molecule has 1 aliphatic rings. The van der Waals surface area contributed by atoms with Crippen LogP contribution in [0.15, 0.2) is 17.1 Å². The average molecular weight is 324 g/mol. The van der Waals surface area contributed by atoms with Gasteiger partial charge in [0.25, 0.3) is 0 Å².